The van der Waals surface area contributed by atoms with E-state index in [9.17, 15) is 9.59 Å². The maximum atomic E-state index is 12.7. The number of nitrogens with one attached hydrogen (secondary N) is 2. The highest BCUT2D eigenvalue weighted by Gasteiger charge is 2.48. The van der Waals surface area contributed by atoms with Crippen molar-refractivity contribution in [1.29, 1.82) is 0 Å². The normalized spacial score (nSPS) is 24.2. The number of amides is 2. The van der Waals surface area contributed by atoms with E-state index in [-0.39, 0.29) is 12.5 Å². The molecule has 0 aromatic heterocycles. The predicted octanol–water partition coefficient (Wildman–Crippen LogP) is 1.67. The van der Waals surface area contributed by atoms with Gasteiger partial charge in [-0.2, -0.15) is 0 Å². The summed E-state index contributed by atoms with van der Waals surface area (Å²) in [7, 11) is 3.03. The smallest absolute Gasteiger partial charge is 0.407 e. The van der Waals surface area contributed by atoms with Crippen LogP contribution >= 0.6 is 0 Å². The van der Waals surface area contributed by atoms with E-state index in [2.05, 4.69) is 10.6 Å². The molecule has 2 amide bonds. The van der Waals surface area contributed by atoms with Gasteiger partial charge in [0.15, 0.2) is 6.10 Å². The maximum Gasteiger partial charge on any atom is 0.407 e. The molecule has 1 heterocycles. The van der Waals surface area contributed by atoms with Gasteiger partial charge in [0.1, 0.15) is 23.9 Å². The van der Waals surface area contributed by atoms with Gasteiger partial charge in [0.2, 0.25) is 0 Å². The molecule has 8 heteroatoms. The first-order valence-corrected chi connectivity index (χ1v) is 9.74. The lowest BCUT2D eigenvalue weighted by Crippen LogP contribution is -2.45. The predicted molar refractivity (Wildman–Crippen MR) is 108 cm³/mol. The maximum absolute atomic E-state index is 12.7. The first-order chi connectivity index (χ1) is 13.7. The molecular formula is C21H32N2O6. The fourth-order valence-electron chi connectivity index (χ4n) is 3.22. The zero-order valence-electron chi connectivity index (χ0n) is 17.8. The Hall–Kier alpha value is -2.16. The van der Waals surface area contributed by atoms with E-state index in [4.69, 9.17) is 18.9 Å². The van der Waals surface area contributed by atoms with Gasteiger partial charge in [0, 0.05) is 27.3 Å². The quantitative estimate of drug-likeness (QED) is 0.679. The van der Waals surface area contributed by atoms with Crippen molar-refractivity contribution in [3.8, 4) is 0 Å². The van der Waals surface area contributed by atoms with Gasteiger partial charge in [0.05, 0.1) is 0 Å². The van der Waals surface area contributed by atoms with Crippen LogP contribution in [0.2, 0.25) is 0 Å². The fourth-order valence-corrected chi connectivity index (χ4v) is 3.22. The van der Waals surface area contributed by atoms with Gasteiger partial charge in [0.25, 0.3) is 5.91 Å². The summed E-state index contributed by atoms with van der Waals surface area (Å²) in [4.78, 5) is 24.6. The molecule has 1 aromatic rings. The Morgan fingerprint density at radius 2 is 1.69 bits per heavy atom. The molecule has 8 nitrogen and oxygen atoms in total. The third kappa shape index (κ3) is 6.99. The van der Waals surface area contributed by atoms with Gasteiger partial charge >= 0.3 is 6.09 Å². The minimum Gasteiger partial charge on any atom is -0.444 e. The number of hydrogen-bond donors (Lipinski definition) is 2. The van der Waals surface area contributed by atoms with E-state index < -0.39 is 36.1 Å². The minimum absolute atomic E-state index is 0.140. The molecule has 4 atom stereocenters. The van der Waals surface area contributed by atoms with Gasteiger partial charge < -0.3 is 29.6 Å². The number of hydrogen-bond acceptors (Lipinski definition) is 6. The largest absolute Gasteiger partial charge is 0.444 e. The van der Waals surface area contributed by atoms with Crippen LogP contribution in [0, 0.1) is 0 Å². The van der Waals surface area contributed by atoms with Crippen molar-refractivity contribution in [2.75, 3.05) is 27.3 Å². The topological polar surface area (TPSA) is 95.1 Å². The van der Waals surface area contributed by atoms with Gasteiger partial charge in [-0.1, -0.05) is 30.3 Å². The minimum atomic E-state index is -0.828. The van der Waals surface area contributed by atoms with E-state index in [1.54, 1.807) is 20.8 Å². The lowest BCUT2D eigenvalue weighted by Gasteiger charge is -2.23. The van der Waals surface area contributed by atoms with Gasteiger partial charge in [-0.05, 0) is 32.8 Å². The number of carbonyl (C=O) groups is 2. The monoisotopic (exact) mass is 408 g/mol. The van der Waals surface area contributed by atoms with Crippen molar-refractivity contribution in [2.24, 2.45) is 0 Å². The summed E-state index contributed by atoms with van der Waals surface area (Å²) in [6.07, 6.45) is -2.29. The third-order valence-electron chi connectivity index (χ3n) is 4.51. The molecule has 162 valence electrons. The van der Waals surface area contributed by atoms with Crippen LogP contribution in [0.15, 0.2) is 30.3 Å². The molecule has 2 rings (SSSR count). The second kappa shape index (κ2) is 10.6. The van der Waals surface area contributed by atoms with Crippen LogP contribution in [0.5, 0.6) is 0 Å². The average Bonchev–Trinajstić information content (AvgIpc) is 3.03. The second-order valence-corrected chi connectivity index (χ2v) is 7.91. The summed E-state index contributed by atoms with van der Waals surface area (Å²) in [5.41, 5.74) is 0.537. The van der Waals surface area contributed by atoms with Crippen molar-refractivity contribution in [3.05, 3.63) is 35.9 Å². The van der Waals surface area contributed by atoms with Crippen molar-refractivity contribution in [3.63, 3.8) is 0 Å². The van der Waals surface area contributed by atoms with E-state index in [1.165, 1.54) is 14.2 Å². The fraction of sp³-hybridized carbons (Fsp3) is 0.619. The first kappa shape index (κ1) is 23.1. The summed E-state index contributed by atoms with van der Waals surface area (Å²) >= 11 is 0. The highest BCUT2D eigenvalue weighted by molar-refractivity contribution is 5.82. The molecule has 0 spiro atoms. The van der Waals surface area contributed by atoms with E-state index >= 15 is 0 Å². The molecule has 0 saturated carbocycles. The molecule has 0 bridgehead atoms. The van der Waals surface area contributed by atoms with Crippen molar-refractivity contribution in [1.82, 2.24) is 10.6 Å². The molecule has 1 fully saturated rings. The van der Waals surface area contributed by atoms with Gasteiger partial charge in [-0.3, -0.25) is 4.79 Å². The molecule has 1 aliphatic heterocycles. The van der Waals surface area contributed by atoms with Crippen LogP contribution in [-0.4, -0.2) is 69.3 Å². The molecule has 1 saturated heterocycles. The number of methoxy groups -OCH3 is 2. The third-order valence-corrected chi connectivity index (χ3v) is 4.51. The Kier molecular flexibility index (Phi) is 8.43. The number of ether oxygens (including phenoxy) is 4. The Morgan fingerprint density at radius 1 is 1.03 bits per heavy atom. The van der Waals surface area contributed by atoms with Crippen LogP contribution in [0.3, 0.4) is 0 Å². The van der Waals surface area contributed by atoms with Crippen molar-refractivity contribution >= 4 is 12.0 Å². The summed E-state index contributed by atoms with van der Waals surface area (Å²) < 4.78 is 22.1. The van der Waals surface area contributed by atoms with Crippen molar-refractivity contribution in [2.45, 2.75) is 57.2 Å². The number of benzene rings is 1. The molecule has 0 aliphatic carbocycles. The Bertz CT molecular complexity index is 661. The van der Waals surface area contributed by atoms with E-state index in [0.717, 1.165) is 5.56 Å². The molecule has 29 heavy (non-hydrogen) atoms. The van der Waals surface area contributed by atoms with Crippen LogP contribution < -0.4 is 10.6 Å². The molecule has 1 aliphatic rings. The van der Waals surface area contributed by atoms with Crippen LogP contribution in [-0.2, 0) is 30.2 Å². The summed E-state index contributed by atoms with van der Waals surface area (Å²) in [5, 5.41) is 5.55. The van der Waals surface area contributed by atoms with Crippen molar-refractivity contribution < 1.29 is 28.5 Å². The molecule has 1 unspecified atom stereocenters. The lowest BCUT2D eigenvalue weighted by molar-refractivity contribution is -0.136. The number of carbonyl (C=O) groups excluding carboxylic acids is 2. The summed E-state index contributed by atoms with van der Waals surface area (Å²) in [6, 6.07) is 9.90. The lowest BCUT2D eigenvalue weighted by atomic mass is 10.1. The summed E-state index contributed by atoms with van der Waals surface area (Å²) in [5.74, 6) is -0.269. The highest BCUT2D eigenvalue weighted by Crippen LogP contribution is 2.26. The Balaban J connectivity index is 1.90. The summed E-state index contributed by atoms with van der Waals surface area (Å²) in [6.45, 7) is 5.98. The Labute approximate surface area is 172 Å². The SMILES string of the molecule is CO[C@H]1[C@H](OC)C(C(=O)NCCc2ccccc2)O[C@@H]1CNC(=O)OC(C)(C)C. The molecule has 0 radical (unpaired) electrons. The number of rotatable bonds is 8. The average molecular weight is 408 g/mol. The van der Waals surface area contributed by atoms with E-state index in [0.29, 0.717) is 13.0 Å². The molecule has 2 N–H and O–H groups in total. The Morgan fingerprint density at radius 3 is 2.28 bits per heavy atom. The zero-order chi connectivity index (χ0) is 21.4. The zero-order valence-corrected chi connectivity index (χ0v) is 17.8. The second-order valence-electron chi connectivity index (χ2n) is 7.91. The molecular weight excluding hydrogens is 376 g/mol. The van der Waals surface area contributed by atoms with Crippen LogP contribution in [0.25, 0.3) is 0 Å². The standard InChI is InChI=1S/C21H32N2O6/c1-21(2,3)29-20(25)23-13-15-16(26-4)17(27-5)18(28-15)19(24)22-12-11-14-9-7-6-8-10-14/h6-10,15-18H,11-13H2,1-5H3,(H,22,24)(H,23,25)/t15-,16-,17+,18?/m1/s1. The van der Waals surface area contributed by atoms with Crippen LogP contribution in [0.4, 0.5) is 4.79 Å². The van der Waals surface area contributed by atoms with Crippen LogP contribution in [0.1, 0.15) is 26.3 Å². The number of alkyl carbamates (subject to hydrolysis) is 1. The van der Waals surface area contributed by atoms with Gasteiger partial charge in [-0.25, -0.2) is 4.79 Å². The van der Waals surface area contributed by atoms with E-state index in [1.807, 2.05) is 30.3 Å². The van der Waals surface area contributed by atoms with Gasteiger partial charge in [-0.15, -0.1) is 0 Å². The molecule has 1 aromatic carbocycles. The first-order valence-electron chi connectivity index (χ1n) is 9.74. The highest BCUT2D eigenvalue weighted by atomic mass is 16.6.